The van der Waals surface area contributed by atoms with E-state index in [-0.39, 0.29) is 41.2 Å². The molecule has 0 bridgehead atoms. The van der Waals surface area contributed by atoms with Gasteiger partial charge in [0.1, 0.15) is 28.5 Å². The highest BCUT2D eigenvalue weighted by Crippen LogP contribution is 2.21. The molecule has 146 valence electrons. The molecular formula is C20H17BrF2N2O3. The van der Waals surface area contributed by atoms with Gasteiger partial charge in [0.25, 0.3) is 5.56 Å². The maximum atomic E-state index is 13.7. The van der Waals surface area contributed by atoms with Crippen LogP contribution in [0.3, 0.4) is 0 Å². The van der Waals surface area contributed by atoms with Crippen LogP contribution < -0.4 is 10.3 Å². The highest BCUT2D eigenvalue weighted by molar-refractivity contribution is 9.10. The van der Waals surface area contributed by atoms with Gasteiger partial charge in [-0.25, -0.2) is 8.78 Å². The molecule has 2 aromatic carbocycles. The Morgan fingerprint density at radius 3 is 2.64 bits per heavy atom. The van der Waals surface area contributed by atoms with Crippen molar-refractivity contribution in [3.05, 3.63) is 91.4 Å². The largest absolute Gasteiger partial charge is 0.472 e. The lowest BCUT2D eigenvalue weighted by molar-refractivity contribution is 0.281. The summed E-state index contributed by atoms with van der Waals surface area (Å²) in [4.78, 5) is 17.0. The predicted molar refractivity (Wildman–Crippen MR) is 103 cm³/mol. The summed E-state index contributed by atoms with van der Waals surface area (Å²) in [6.45, 7) is 1.65. The van der Waals surface area contributed by atoms with Gasteiger partial charge in [0, 0.05) is 11.6 Å². The molecule has 0 spiro atoms. The Morgan fingerprint density at radius 2 is 1.93 bits per heavy atom. The van der Waals surface area contributed by atoms with Crippen LogP contribution in [0.1, 0.15) is 22.5 Å². The lowest BCUT2D eigenvalue weighted by atomic mass is 10.1. The number of aliphatic hydroxyl groups excluding tert-OH is 1. The minimum absolute atomic E-state index is 0.0339. The van der Waals surface area contributed by atoms with Crippen molar-refractivity contribution < 1.29 is 18.6 Å². The van der Waals surface area contributed by atoms with Crippen molar-refractivity contribution in [2.75, 3.05) is 0 Å². The van der Waals surface area contributed by atoms with Gasteiger partial charge in [-0.05, 0) is 46.1 Å². The molecule has 0 radical (unpaired) electrons. The van der Waals surface area contributed by atoms with E-state index in [1.54, 1.807) is 19.1 Å². The third-order valence-corrected chi connectivity index (χ3v) is 4.85. The van der Waals surface area contributed by atoms with Crippen molar-refractivity contribution in [2.24, 2.45) is 0 Å². The number of halogens is 3. The average Bonchev–Trinajstić information content (AvgIpc) is 2.68. The van der Waals surface area contributed by atoms with Crippen molar-refractivity contribution in [3.63, 3.8) is 0 Å². The van der Waals surface area contributed by atoms with Gasteiger partial charge in [-0.15, -0.1) is 0 Å². The lowest BCUT2D eigenvalue weighted by Crippen LogP contribution is -2.26. The molecule has 0 saturated carbocycles. The van der Waals surface area contributed by atoms with E-state index in [4.69, 9.17) is 4.74 Å². The predicted octanol–water partition coefficient (Wildman–Crippen LogP) is 3.71. The fourth-order valence-corrected chi connectivity index (χ4v) is 3.11. The number of aliphatic hydroxyl groups is 1. The SMILES string of the molecule is Cc1nc(OCc2ccc(F)cc2F)c(Br)c(=O)n1Cc1cccc(CO)c1. The lowest BCUT2D eigenvalue weighted by Gasteiger charge is -2.14. The van der Waals surface area contributed by atoms with Crippen LogP contribution >= 0.6 is 15.9 Å². The van der Waals surface area contributed by atoms with Gasteiger partial charge in [-0.2, -0.15) is 4.98 Å². The van der Waals surface area contributed by atoms with Crippen LogP contribution in [0, 0.1) is 18.6 Å². The van der Waals surface area contributed by atoms with Crippen LogP contribution in [-0.4, -0.2) is 14.7 Å². The van der Waals surface area contributed by atoms with Crippen molar-refractivity contribution >= 4 is 15.9 Å². The minimum Gasteiger partial charge on any atom is -0.472 e. The van der Waals surface area contributed by atoms with E-state index >= 15 is 0 Å². The second-order valence-corrected chi connectivity index (χ2v) is 6.96. The normalized spacial score (nSPS) is 10.9. The number of ether oxygens (including phenoxy) is 1. The second kappa shape index (κ2) is 8.62. The fraction of sp³-hybridized carbons (Fsp3) is 0.200. The summed E-state index contributed by atoms with van der Waals surface area (Å²) in [6.07, 6.45) is 0. The summed E-state index contributed by atoms with van der Waals surface area (Å²) < 4.78 is 33.8. The molecule has 8 heteroatoms. The zero-order chi connectivity index (χ0) is 20.3. The molecule has 1 N–H and O–H groups in total. The molecular weight excluding hydrogens is 434 g/mol. The first-order valence-corrected chi connectivity index (χ1v) is 9.20. The Balaban J connectivity index is 1.84. The average molecular weight is 451 g/mol. The molecule has 0 aliphatic heterocycles. The molecule has 0 aliphatic rings. The van der Waals surface area contributed by atoms with Gasteiger partial charge < -0.3 is 9.84 Å². The smallest absolute Gasteiger partial charge is 0.272 e. The number of hydrogen-bond donors (Lipinski definition) is 1. The second-order valence-electron chi connectivity index (χ2n) is 6.17. The van der Waals surface area contributed by atoms with Crippen molar-refractivity contribution in [1.29, 1.82) is 0 Å². The standard InChI is InChI=1S/C20H17BrF2N2O3/c1-12-24-19(28-11-15-5-6-16(22)8-17(15)23)18(21)20(27)25(12)9-13-3-2-4-14(7-13)10-26/h2-8,26H,9-11H2,1H3. The number of hydrogen-bond acceptors (Lipinski definition) is 4. The first-order chi connectivity index (χ1) is 13.4. The van der Waals surface area contributed by atoms with Crippen molar-refractivity contribution in [1.82, 2.24) is 9.55 Å². The Kier molecular flexibility index (Phi) is 6.21. The number of rotatable bonds is 6. The van der Waals surface area contributed by atoms with E-state index in [0.717, 1.165) is 23.3 Å². The molecule has 0 unspecified atom stereocenters. The van der Waals surface area contributed by atoms with E-state index in [1.165, 1.54) is 10.6 Å². The molecule has 0 amide bonds. The van der Waals surface area contributed by atoms with E-state index in [9.17, 15) is 18.7 Å². The van der Waals surface area contributed by atoms with Crippen molar-refractivity contribution in [3.8, 4) is 5.88 Å². The number of aryl methyl sites for hydroxylation is 1. The van der Waals surface area contributed by atoms with Gasteiger partial charge in [0.05, 0.1) is 13.2 Å². The Labute approximate surface area is 168 Å². The van der Waals surface area contributed by atoms with Gasteiger partial charge >= 0.3 is 0 Å². The summed E-state index contributed by atoms with van der Waals surface area (Å²) in [5.41, 5.74) is 1.39. The summed E-state index contributed by atoms with van der Waals surface area (Å²) in [5.74, 6) is -0.960. The van der Waals surface area contributed by atoms with Gasteiger partial charge in [0.2, 0.25) is 5.88 Å². The molecule has 5 nitrogen and oxygen atoms in total. The van der Waals surface area contributed by atoms with Crippen LogP contribution in [0.2, 0.25) is 0 Å². The first-order valence-electron chi connectivity index (χ1n) is 8.41. The Bertz CT molecular complexity index is 1070. The van der Waals surface area contributed by atoms with Crippen LogP contribution in [-0.2, 0) is 19.8 Å². The fourth-order valence-electron chi connectivity index (χ4n) is 2.69. The Hall–Kier alpha value is -2.58. The molecule has 1 heterocycles. The maximum absolute atomic E-state index is 13.7. The summed E-state index contributed by atoms with van der Waals surface area (Å²) in [5, 5.41) is 9.25. The van der Waals surface area contributed by atoms with Crippen molar-refractivity contribution in [2.45, 2.75) is 26.7 Å². The van der Waals surface area contributed by atoms with E-state index in [2.05, 4.69) is 20.9 Å². The molecule has 3 rings (SSSR count). The maximum Gasteiger partial charge on any atom is 0.272 e. The molecule has 0 saturated heterocycles. The molecule has 3 aromatic rings. The number of benzene rings is 2. The van der Waals surface area contributed by atoms with Gasteiger partial charge in [-0.3, -0.25) is 9.36 Å². The highest BCUT2D eigenvalue weighted by Gasteiger charge is 2.15. The third kappa shape index (κ3) is 4.45. The highest BCUT2D eigenvalue weighted by atomic mass is 79.9. The topological polar surface area (TPSA) is 64.3 Å². The van der Waals surface area contributed by atoms with E-state index < -0.39 is 11.6 Å². The molecule has 0 fully saturated rings. The van der Waals surface area contributed by atoms with E-state index in [1.807, 2.05) is 12.1 Å². The zero-order valence-corrected chi connectivity index (χ0v) is 16.5. The Morgan fingerprint density at radius 1 is 1.18 bits per heavy atom. The third-order valence-electron chi connectivity index (χ3n) is 4.17. The molecule has 28 heavy (non-hydrogen) atoms. The summed E-state index contributed by atoms with van der Waals surface area (Å²) in [6, 6.07) is 10.4. The summed E-state index contributed by atoms with van der Waals surface area (Å²) >= 11 is 3.20. The molecule has 0 aliphatic carbocycles. The first kappa shape index (κ1) is 20.2. The van der Waals surface area contributed by atoms with E-state index in [0.29, 0.717) is 5.82 Å². The van der Waals surface area contributed by atoms with Crippen LogP contribution in [0.5, 0.6) is 5.88 Å². The monoisotopic (exact) mass is 450 g/mol. The van der Waals surface area contributed by atoms with Crippen LogP contribution in [0.25, 0.3) is 0 Å². The molecule has 1 aromatic heterocycles. The summed E-state index contributed by atoms with van der Waals surface area (Å²) in [7, 11) is 0. The van der Waals surface area contributed by atoms with Crippen LogP contribution in [0.4, 0.5) is 8.78 Å². The van der Waals surface area contributed by atoms with Gasteiger partial charge in [0.15, 0.2) is 0 Å². The number of nitrogens with zero attached hydrogens (tertiary/aromatic N) is 2. The number of aromatic nitrogens is 2. The minimum atomic E-state index is -0.732. The quantitative estimate of drug-likeness (QED) is 0.621. The van der Waals surface area contributed by atoms with Gasteiger partial charge in [-0.1, -0.05) is 24.3 Å². The molecule has 0 atom stereocenters. The van der Waals surface area contributed by atoms with Crippen LogP contribution in [0.15, 0.2) is 51.7 Å². The zero-order valence-electron chi connectivity index (χ0n) is 15.0.